The van der Waals surface area contributed by atoms with Crippen molar-refractivity contribution in [2.24, 2.45) is 0 Å². The van der Waals surface area contributed by atoms with Crippen molar-refractivity contribution in [2.45, 2.75) is 20.8 Å². The second-order valence-electron chi connectivity index (χ2n) is 6.98. The maximum Gasteiger partial charge on any atom is 0.272 e. The fourth-order valence-corrected chi connectivity index (χ4v) is 3.61. The van der Waals surface area contributed by atoms with E-state index in [0.29, 0.717) is 24.7 Å². The number of aromatic nitrogens is 4. The van der Waals surface area contributed by atoms with Gasteiger partial charge in [-0.05, 0) is 32.9 Å². The summed E-state index contributed by atoms with van der Waals surface area (Å²) in [6.45, 7) is 9.45. The number of imidazole rings is 1. The standard InChI is InChI=1S/C20H25N7O/c1-4-21-20-22-14(2)13-17(24-20)25-9-11-26(12-10-25)19(28)18-15(3)23-16-7-5-6-8-27(16)18/h5-8,13H,4,9-12H2,1-3H3,(H,21,22,24). The summed E-state index contributed by atoms with van der Waals surface area (Å²) in [6.07, 6.45) is 1.89. The summed E-state index contributed by atoms with van der Waals surface area (Å²) in [5.74, 6) is 1.59. The molecule has 0 aromatic carbocycles. The number of hydrogen-bond acceptors (Lipinski definition) is 6. The summed E-state index contributed by atoms with van der Waals surface area (Å²) in [5, 5.41) is 3.17. The Morgan fingerprint density at radius 2 is 1.89 bits per heavy atom. The second kappa shape index (κ2) is 7.46. The highest BCUT2D eigenvalue weighted by atomic mass is 16.2. The highest BCUT2D eigenvalue weighted by molar-refractivity contribution is 5.94. The van der Waals surface area contributed by atoms with Crippen LogP contribution in [0.1, 0.15) is 28.8 Å². The van der Waals surface area contributed by atoms with Crippen molar-refractivity contribution in [3.05, 3.63) is 47.5 Å². The number of carbonyl (C=O) groups excluding carboxylic acids is 1. The molecule has 0 saturated carbocycles. The number of nitrogens with one attached hydrogen (secondary N) is 1. The van der Waals surface area contributed by atoms with Gasteiger partial charge in [0.15, 0.2) is 0 Å². The van der Waals surface area contributed by atoms with Gasteiger partial charge in [-0.3, -0.25) is 9.20 Å². The number of carbonyl (C=O) groups is 1. The molecule has 0 atom stereocenters. The first-order chi connectivity index (χ1) is 13.6. The van der Waals surface area contributed by atoms with Crippen LogP contribution in [0.15, 0.2) is 30.5 Å². The van der Waals surface area contributed by atoms with Gasteiger partial charge in [0, 0.05) is 50.7 Å². The lowest BCUT2D eigenvalue weighted by atomic mass is 10.2. The van der Waals surface area contributed by atoms with Gasteiger partial charge in [0.05, 0.1) is 5.69 Å². The van der Waals surface area contributed by atoms with Gasteiger partial charge < -0.3 is 15.1 Å². The molecule has 0 unspecified atom stereocenters. The van der Waals surface area contributed by atoms with Crippen molar-refractivity contribution in [3.63, 3.8) is 0 Å². The minimum absolute atomic E-state index is 0.0306. The molecule has 0 bridgehead atoms. The van der Waals surface area contributed by atoms with Crippen LogP contribution in [0, 0.1) is 13.8 Å². The average Bonchev–Trinajstić information content (AvgIpc) is 3.03. The molecule has 8 heteroatoms. The molecule has 4 rings (SSSR count). The molecular formula is C20H25N7O. The van der Waals surface area contributed by atoms with Crippen molar-refractivity contribution in [1.29, 1.82) is 0 Å². The molecule has 0 spiro atoms. The van der Waals surface area contributed by atoms with Gasteiger partial charge >= 0.3 is 0 Å². The number of amides is 1. The van der Waals surface area contributed by atoms with E-state index >= 15 is 0 Å². The molecule has 1 aliphatic heterocycles. The van der Waals surface area contributed by atoms with Crippen LogP contribution in [0.4, 0.5) is 11.8 Å². The van der Waals surface area contributed by atoms with Gasteiger partial charge in [-0.1, -0.05) is 6.07 Å². The summed E-state index contributed by atoms with van der Waals surface area (Å²) in [5.41, 5.74) is 3.15. The topological polar surface area (TPSA) is 78.7 Å². The molecule has 1 amide bonds. The number of nitrogens with zero attached hydrogens (tertiary/aromatic N) is 6. The van der Waals surface area contributed by atoms with E-state index in [-0.39, 0.29) is 5.91 Å². The Morgan fingerprint density at radius 3 is 2.64 bits per heavy atom. The maximum atomic E-state index is 13.1. The van der Waals surface area contributed by atoms with Crippen LogP contribution >= 0.6 is 0 Å². The number of pyridine rings is 1. The van der Waals surface area contributed by atoms with E-state index in [1.54, 1.807) is 0 Å². The van der Waals surface area contributed by atoms with Crippen molar-refractivity contribution in [2.75, 3.05) is 42.9 Å². The predicted molar refractivity (Wildman–Crippen MR) is 109 cm³/mol. The lowest BCUT2D eigenvalue weighted by molar-refractivity contribution is 0.0738. The molecule has 3 aromatic rings. The molecule has 146 valence electrons. The third-order valence-electron chi connectivity index (χ3n) is 4.97. The minimum Gasteiger partial charge on any atom is -0.354 e. The number of fused-ring (bicyclic) bond motifs is 1. The summed E-state index contributed by atoms with van der Waals surface area (Å²) < 4.78 is 1.88. The van der Waals surface area contributed by atoms with Gasteiger partial charge in [0.25, 0.3) is 5.91 Å². The Morgan fingerprint density at radius 1 is 1.11 bits per heavy atom. The Balaban J connectivity index is 1.50. The molecule has 4 heterocycles. The number of piperazine rings is 1. The first-order valence-electron chi connectivity index (χ1n) is 9.64. The van der Waals surface area contributed by atoms with Crippen molar-refractivity contribution in [3.8, 4) is 0 Å². The maximum absolute atomic E-state index is 13.1. The minimum atomic E-state index is 0.0306. The molecule has 0 aliphatic carbocycles. The molecule has 3 aromatic heterocycles. The first-order valence-corrected chi connectivity index (χ1v) is 9.64. The van der Waals surface area contributed by atoms with Crippen molar-refractivity contribution >= 4 is 23.3 Å². The van der Waals surface area contributed by atoms with Gasteiger partial charge in [-0.15, -0.1) is 0 Å². The van der Waals surface area contributed by atoms with Crippen LogP contribution < -0.4 is 10.2 Å². The van der Waals surface area contributed by atoms with Gasteiger partial charge in [0.2, 0.25) is 5.95 Å². The number of hydrogen-bond donors (Lipinski definition) is 1. The molecule has 1 N–H and O–H groups in total. The van der Waals surface area contributed by atoms with E-state index in [1.807, 2.05) is 60.5 Å². The summed E-state index contributed by atoms with van der Waals surface area (Å²) in [6, 6.07) is 7.76. The van der Waals surface area contributed by atoms with Crippen LogP contribution in [0.5, 0.6) is 0 Å². The highest BCUT2D eigenvalue weighted by Gasteiger charge is 2.26. The number of aryl methyl sites for hydroxylation is 2. The zero-order valence-corrected chi connectivity index (χ0v) is 16.5. The largest absolute Gasteiger partial charge is 0.354 e. The van der Waals surface area contributed by atoms with Crippen LogP contribution in [0.25, 0.3) is 5.65 Å². The van der Waals surface area contributed by atoms with Crippen molar-refractivity contribution < 1.29 is 4.79 Å². The second-order valence-corrected chi connectivity index (χ2v) is 6.98. The third kappa shape index (κ3) is 3.37. The fourth-order valence-electron chi connectivity index (χ4n) is 3.61. The quantitative estimate of drug-likeness (QED) is 0.748. The Kier molecular flexibility index (Phi) is 4.85. The molecule has 1 saturated heterocycles. The Hall–Kier alpha value is -3.16. The normalized spacial score (nSPS) is 14.5. The SMILES string of the molecule is CCNc1nc(C)cc(N2CCN(C(=O)c3c(C)nc4ccccn34)CC2)n1. The van der Waals surface area contributed by atoms with E-state index in [9.17, 15) is 4.79 Å². The van der Waals surface area contributed by atoms with Crippen LogP contribution in [0.2, 0.25) is 0 Å². The lowest BCUT2D eigenvalue weighted by Gasteiger charge is -2.35. The fraction of sp³-hybridized carbons (Fsp3) is 0.400. The van der Waals surface area contributed by atoms with E-state index < -0.39 is 0 Å². The van der Waals surface area contributed by atoms with E-state index in [2.05, 4.69) is 25.2 Å². The Labute approximate surface area is 164 Å². The van der Waals surface area contributed by atoms with E-state index in [0.717, 1.165) is 42.5 Å². The highest BCUT2D eigenvalue weighted by Crippen LogP contribution is 2.19. The van der Waals surface area contributed by atoms with Crippen LogP contribution in [0.3, 0.4) is 0 Å². The molecule has 1 aliphatic rings. The van der Waals surface area contributed by atoms with E-state index in [1.165, 1.54) is 0 Å². The summed E-state index contributed by atoms with van der Waals surface area (Å²) in [4.78, 5) is 30.8. The zero-order valence-electron chi connectivity index (χ0n) is 16.5. The van der Waals surface area contributed by atoms with E-state index in [4.69, 9.17) is 0 Å². The molecule has 1 fully saturated rings. The summed E-state index contributed by atoms with van der Waals surface area (Å²) >= 11 is 0. The smallest absolute Gasteiger partial charge is 0.272 e. The molecule has 8 nitrogen and oxygen atoms in total. The van der Waals surface area contributed by atoms with Crippen LogP contribution in [-0.4, -0.2) is 62.9 Å². The monoisotopic (exact) mass is 379 g/mol. The van der Waals surface area contributed by atoms with Crippen LogP contribution in [-0.2, 0) is 0 Å². The summed E-state index contributed by atoms with van der Waals surface area (Å²) in [7, 11) is 0. The number of rotatable bonds is 4. The average molecular weight is 379 g/mol. The first kappa shape index (κ1) is 18.2. The lowest BCUT2D eigenvalue weighted by Crippen LogP contribution is -2.49. The molecule has 0 radical (unpaired) electrons. The molecular weight excluding hydrogens is 354 g/mol. The third-order valence-corrected chi connectivity index (χ3v) is 4.97. The molecule has 28 heavy (non-hydrogen) atoms. The van der Waals surface area contributed by atoms with Crippen molar-refractivity contribution in [1.82, 2.24) is 24.3 Å². The van der Waals surface area contributed by atoms with Gasteiger partial charge in [-0.25, -0.2) is 9.97 Å². The Bertz CT molecular complexity index is 1000. The van der Waals surface area contributed by atoms with Gasteiger partial charge in [-0.2, -0.15) is 4.98 Å². The van der Waals surface area contributed by atoms with Gasteiger partial charge in [0.1, 0.15) is 17.2 Å². The predicted octanol–water partition coefficient (Wildman–Crippen LogP) is 2.14. The zero-order chi connectivity index (χ0) is 19.7. The number of anilines is 2.